The van der Waals surface area contributed by atoms with Gasteiger partial charge < -0.3 is 5.11 Å². The maximum atomic E-state index is 10.1. The van der Waals surface area contributed by atoms with Crippen molar-refractivity contribution < 1.29 is 5.11 Å². The van der Waals surface area contributed by atoms with E-state index in [9.17, 15) is 5.11 Å². The van der Waals surface area contributed by atoms with Crippen molar-refractivity contribution in [1.29, 1.82) is 0 Å². The molecule has 0 saturated heterocycles. The zero-order valence-corrected chi connectivity index (χ0v) is 10.6. The van der Waals surface area contributed by atoms with E-state index >= 15 is 0 Å². The Morgan fingerprint density at radius 2 is 1.79 bits per heavy atom. The fraction of sp³-hybridized carbons (Fsp3) is 1.00. The number of unbranched alkanes of at least 4 members (excludes halogenated alkanes) is 1. The van der Waals surface area contributed by atoms with E-state index in [0.29, 0.717) is 5.92 Å². The number of rotatable bonds is 7. The lowest BCUT2D eigenvalue weighted by Crippen LogP contribution is -2.27. The summed E-state index contributed by atoms with van der Waals surface area (Å²) in [7, 11) is 0. The molecule has 0 bridgehead atoms. The standard InChI is InChI=1S/C13H28O/c1-6-7-8-13(5,14)10-12(4)9-11(2)3/h11-12,14H,6-10H2,1-5H3. The van der Waals surface area contributed by atoms with Gasteiger partial charge in [-0.05, 0) is 38.0 Å². The Labute approximate surface area is 89.9 Å². The lowest BCUT2D eigenvalue weighted by Gasteiger charge is -2.27. The van der Waals surface area contributed by atoms with Gasteiger partial charge in [0.2, 0.25) is 0 Å². The molecule has 0 saturated carbocycles. The molecule has 14 heavy (non-hydrogen) atoms. The van der Waals surface area contributed by atoms with E-state index in [-0.39, 0.29) is 0 Å². The molecule has 0 aliphatic heterocycles. The van der Waals surface area contributed by atoms with Crippen molar-refractivity contribution in [2.24, 2.45) is 11.8 Å². The molecule has 2 unspecified atom stereocenters. The van der Waals surface area contributed by atoms with Crippen LogP contribution >= 0.6 is 0 Å². The van der Waals surface area contributed by atoms with E-state index in [2.05, 4.69) is 27.7 Å². The van der Waals surface area contributed by atoms with Crippen molar-refractivity contribution >= 4 is 0 Å². The fourth-order valence-corrected chi connectivity index (χ4v) is 2.30. The molecule has 0 amide bonds. The lowest BCUT2D eigenvalue weighted by atomic mass is 9.85. The van der Waals surface area contributed by atoms with E-state index in [1.165, 1.54) is 12.8 Å². The highest BCUT2D eigenvalue weighted by molar-refractivity contribution is 4.75. The second kappa shape index (κ2) is 6.44. The molecule has 0 aliphatic rings. The van der Waals surface area contributed by atoms with E-state index < -0.39 is 5.60 Å². The van der Waals surface area contributed by atoms with Crippen LogP contribution in [0.2, 0.25) is 0 Å². The Balaban J connectivity index is 3.82. The maximum absolute atomic E-state index is 10.1. The van der Waals surface area contributed by atoms with Gasteiger partial charge in [0.1, 0.15) is 0 Å². The van der Waals surface area contributed by atoms with Crippen molar-refractivity contribution in [3.63, 3.8) is 0 Å². The van der Waals surface area contributed by atoms with Gasteiger partial charge in [-0.25, -0.2) is 0 Å². The predicted octanol–water partition coefficient (Wildman–Crippen LogP) is 4.00. The van der Waals surface area contributed by atoms with Crippen LogP contribution in [-0.2, 0) is 0 Å². The average Bonchev–Trinajstić information content (AvgIpc) is 1.98. The summed E-state index contributed by atoms with van der Waals surface area (Å²) in [5, 5.41) is 10.1. The van der Waals surface area contributed by atoms with E-state index in [1.807, 2.05) is 6.92 Å². The Morgan fingerprint density at radius 3 is 2.21 bits per heavy atom. The molecule has 0 aliphatic carbocycles. The first-order valence-corrected chi connectivity index (χ1v) is 6.09. The molecule has 1 N–H and O–H groups in total. The molecule has 0 aromatic heterocycles. The molecule has 2 atom stereocenters. The van der Waals surface area contributed by atoms with Gasteiger partial charge in [-0.2, -0.15) is 0 Å². The monoisotopic (exact) mass is 200 g/mol. The summed E-state index contributed by atoms with van der Waals surface area (Å²) in [5.74, 6) is 1.38. The van der Waals surface area contributed by atoms with Crippen molar-refractivity contribution in [3.8, 4) is 0 Å². The smallest absolute Gasteiger partial charge is 0.0622 e. The summed E-state index contributed by atoms with van der Waals surface area (Å²) in [6, 6.07) is 0. The SMILES string of the molecule is CCCCC(C)(O)CC(C)CC(C)C. The van der Waals surface area contributed by atoms with E-state index in [0.717, 1.165) is 25.2 Å². The largest absolute Gasteiger partial charge is 0.390 e. The average molecular weight is 200 g/mol. The van der Waals surface area contributed by atoms with Crippen LogP contribution in [0.3, 0.4) is 0 Å². The number of aliphatic hydroxyl groups is 1. The van der Waals surface area contributed by atoms with Gasteiger partial charge in [0, 0.05) is 0 Å². The van der Waals surface area contributed by atoms with Crippen molar-refractivity contribution in [3.05, 3.63) is 0 Å². The highest BCUT2D eigenvalue weighted by Gasteiger charge is 2.22. The molecular weight excluding hydrogens is 172 g/mol. The van der Waals surface area contributed by atoms with Gasteiger partial charge in [0.15, 0.2) is 0 Å². The molecule has 0 fully saturated rings. The van der Waals surface area contributed by atoms with Gasteiger partial charge in [-0.1, -0.05) is 40.5 Å². The van der Waals surface area contributed by atoms with Crippen LogP contribution < -0.4 is 0 Å². The molecule has 1 nitrogen and oxygen atoms in total. The Bertz CT molecular complexity index is 138. The summed E-state index contributed by atoms with van der Waals surface area (Å²) in [6.07, 6.45) is 5.44. The van der Waals surface area contributed by atoms with Crippen LogP contribution in [0.5, 0.6) is 0 Å². The van der Waals surface area contributed by atoms with Crippen LogP contribution in [0.4, 0.5) is 0 Å². The van der Waals surface area contributed by atoms with Gasteiger partial charge in [0.25, 0.3) is 0 Å². The molecule has 1 heteroatoms. The zero-order chi connectivity index (χ0) is 11.2. The van der Waals surface area contributed by atoms with Crippen LogP contribution in [0.1, 0.15) is 66.7 Å². The van der Waals surface area contributed by atoms with Crippen LogP contribution in [0, 0.1) is 11.8 Å². The third-order valence-corrected chi connectivity index (χ3v) is 2.73. The Morgan fingerprint density at radius 1 is 1.21 bits per heavy atom. The van der Waals surface area contributed by atoms with Gasteiger partial charge in [0.05, 0.1) is 5.60 Å². The highest BCUT2D eigenvalue weighted by Crippen LogP contribution is 2.26. The zero-order valence-electron chi connectivity index (χ0n) is 10.6. The molecule has 0 rings (SSSR count). The molecule has 0 aromatic rings. The van der Waals surface area contributed by atoms with Crippen molar-refractivity contribution in [2.75, 3.05) is 0 Å². The van der Waals surface area contributed by atoms with Crippen LogP contribution in [-0.4, -0.2) is 10.7 Å². The molecule has 0 radical (unpaired) electrons. The first kappa shape index (κ1) is 14.0. The second-order valence-electron chi connectivity index (χ2n) is 5.54. The molecule has 0 spiro atoms. The fourth-order valence-electron chi connectivity index (χ4n) is 2.30. The van der Waals surface area contributed by atoms with Crippen LogP contribution in [0.25, 0.3) is 0 Å². The first-order valence-electron chi connectivity index (χ1n) is 6.09. The summed E-state index contributed by atoms with van der Waals surface area (Å²) in [4.78, 5) is 0. The topological polar surface area (TPSA) is 20.2 Å². The Hall–Kier alpha value is -0.0400. The number of hydrogen-bond acceptors (Lipinski definition) is 1. The normalized spacial score (nSPS) is 18.2. The van der Waals surface area contributed by atoms with Crippen molar-refractivity contribution in [1.82, 2.24) is 0 Å². The predicted molar refractivity (Wildman–Crippen MR) is 63.4 cm³/mol. The minimum absolute atomic E-state index is 0.440. The van der Waals surface area contributed by atoms with E-state index in [1.54, 1.807) is 0 Å². The molecule has 0 aromatic carbocycles. The minimum atomic E-state index is -0.440. The molecular formula is C13H28O. The summed E-state index contributed by atoms with van der Waals surface area (Å²) < 4.78 is 0. The quantitative estimate of drug-likeness (QED) is 0.658. The van der Waals surface area contributed by atoms with Gasteiger partial charge >= 0.3 is 0 Å². The lowest BCUT2D eigenvalue weighted by molar-refractivity contribution is 0.0230. The summed E-state index contributed by atoms with van der Waals surface area (Å²) in [5.41, 5.74) is -0.440. The van der Waals surface area contributed by atoms with Crippen molar-refractivity contribution in [2.45, 2.75) is 72.3 Å². The maximum Gasteiger partial charge on any atom is 0.0622 e. The molecule has 0 heterocycles. The van der Waals surface area contributed by atoms with Gasteiger partial charge in [-0.3, -0.25) is 0 Å². The first-order chi connectivity index (χ1) is 6.37. The van der Waals surface area contributed by atoms with Crippen LogP contribution in [0.15, 0.2) is 0 Å². The molecule has 86 valence electrons. The second-order valence-corrected chi connectivity index (χ2v) is 5.54. The minimum Gasteiger partial charge on any atom is -0.390 e. The summed E-state index contributed by atoms with van der Waals surface area (Å²) in [6.45, 7) is 10.9. The highest BCUT2D eigenvalue weighted by atomic mass is 16.3. The third kappa shape index (κ3) is 7.37. The third-order valence-electron chi connectivity index (χ3n) is 2.73. The number of hydrogen-bond donors (Lipinski definition) is 1. The van der Waals surface area contributed by atoms with E-state index in [4.69, 9.17) is 0 Å². The van der Waals surface area contributed by atoms with Gasteiger partial charge in [-0.15, -0.1) is 0 Å². The Kier molecular flexibility index (Phi) is 6.43. The summed E-state index contributed by atoms with van der Waals surface area (Å²) >= 11 is 0.